The van der Waals surface area contributed by atoms with Crippen molar-refractivity contribution < 1.29 is 4.79 Å². The third-order valence-corrected chi connectivity index (χ3v) is 6.68. The molecule has 1 aromatic heterocycles. The number of hydrogen-bond donors (Lipinski definition) is 1. The molecule has 1 N–H and O–H groups in total. The Balaban J connectivity index is 1.50. The Morgan fingerprint density at radius 3 is 2.41 bits per heavy atom. The summed E-state index contributed by atoms with van der Waals surface area (Å²) in [5.74, 6) is 0.466. The lowest BCUT2D eigenvalue weighted by molar-refractivity contribution is 0.181. The van der Waals surface area contributed by atoms with Crippen LogP contribution >= 0.6 is 0 Å². The van der Waals surface area contributed by atoms with Crippen molar-refractivity contribution in [2.24, 2.45) is 0 Å². The third kappa shape index (κ3) is 4.36. The second kappa shape index (κ2) is 9.60. The summed E-state index contributed by atoms with van der Waals surface area (Å²) < 4.78 is 2.23. The number of amides is 2. The van der Waals surface area contributed by atoms with E-state index in [1.165, 1.54) is 11.1 Å². The van der Waals surface area contributed by atoms with Crippen molar-refractivity contribution in [3.05, 3.63) is 125 Å². The van der Waals surface area contributed by atoms with Gasteiger partial charge in [0.1, 0.15) is 0 Å². The minimum absolute atomic E-state index is 0.0432. The Kier molecular flexibility index (Phi) is 6.22. The molecule has 4 heteroatoms. The first kappa shape index (κ1) is 22.0. The molecule has 5 rings (SSSR count). The summed E-state index contributed by atoms with van der Waals surface area (Å²) in [6, 6.07) is 31.4. The van der Waals surface area contributed by atoms with Gasteiger partial charge in [0.25, 0.3) is 0 Å². The molecule has 0 fully saturated rings. The molecule has 0 saturated carbocycles. The highest BCUT2D eigenvalue weighted by Crippen LogP contribution is 2.37. The monoisotopic (exact) mass is 449 g/mol. The van der Waals surface area contributed by atoms with Gasteiger partial charge in [-0.2, -0.15) is 0 Å². The largest absolute Gasteiger partial charge is 0.338 e. The molecule has 0 saturated heterocycles. The van der Waals surface area contributed by atoms with E-state index in [2.05, 4.69) is 96.7 Å². The Labute approximate surface area is 201 Å². The number of nitrogens with zero attached hydrogens (tertiary/aromatic N) is 2. The molecule has 1 atom stereocenters. The zero-order valence-corrected chi connectivity index (χ0v) is 19.8. The SMILES string of the molecule is CC(C)c1ccc([C@H]2c3cccn3-c3ccccc3CN2C(=O)NCCc2ccccc2)cc1. The minimum Gasteiger partial charge on any atom is -0.338 e. The number of rotatable bonds is 5. The van der Waals surface area contributed by atoms with Gasteiger partial charge in [0.2, 0.25) is 0 Å². The van der Waals surface area contributed by atoms with Crippen molar-refractivity contribution in [1.82, 2.24) is 14.8 Å². The van der Waals surface area contributed by atoms with Gasteiger partial charge in [-0.1, -0.05) is 86.6 Å². The van der Waals surface area contributed by atoms with Gasteiger partial charge in [-0.25, -0.2) is 4.79 Å². The van der Waals surface area contributed by atoms with Gasteiger partial charge in [0, 0.05) is 18.4 Å². The molecule has 4 aromatic rings. The van der Waals surface area contributed by atoms with Gasteiger partial charge < -0.3 is 14.8 Å². The van der Waals surface area contributed by atoms with Crippen molar-refractivity contribution in [1.29, 1.82) is 0 Å². The molecule has 2 heterocycles. The highest BCUT2D eigenvalue weighted by molar-refractivity contribution is 5.76. The van der Waals surface area contributed by atoms with E-state index < -0.39 is 0 Å². The van der Waals surface area contributed by atoms with Gasteiger partial charge >= 0.3 is 6.03 Å². The molecule has 0 unspecified atom stereocenters. The molecule has 1 aliphatic heterocycles. The Hall–Kier alpha value is -3.79. The fraction of sp³-hybridized carbons (Fsp3) is 0.233. The van der Waals surface area contributed by atoms with Crippen LogP contribution in [-0.2, 0) is 13.0 Å². The van der Waals surface area contributed by atoms with Crippen molar-refractivity contribution in [2.45, 2.75) is 38.8 Å². The maximum atomic E-state index is 13.6. The number of nitrogens with one attached hydrogen (secondary N) is 1. The summed E-state index contributed by atoms with van der Waals surface area (Å²) in [6.07, 6.45) is 2.90. The fourth-order valence-electron chi connectivity index (χ4n) is 4.81. The van der Waals surface area contributed by atoms with Crippen LogP contribution in [0, 0.1) is 0 Å². The Bertz CT molecular complexity index is 1260. The highest BCUT2D eigenvalue weighted by Gasteiger charge is 2.32. The third-order valence-electron chi connectivity index (χ3n) is 6.68. The van der Waals surface area contributed by atoms with Crippen molar-refractivity contribution >= 4 is 6.03 Å². The number of carbonyl (C=O) groups excluding carboxylic acids is 1. The van der Waals surface area contributed by atoms with Crippen molar-refractivity contribution in [3.8, 4) is 5.69 Å². The highest BCUT2D eigenvalue weighted by atomic mass is 16.2. The quantitative estimate of drug-likeness (QED) is 0.373. The molecule has 172 valence electrons. The fourth-order valence-corrected chi connectivity index (χ4v) is 4.81. The number of para-hydroxylation sites is 1. The van der Waals surface area contributed by atoms with Crippen LogP contribution in [0.25, 0.3) is 5.69 Å². The average Bonchev–Trinajstić information content (AvgIpc) is 3.29. The number of aromatic nitrogens is 1. The van der Waals surface area contributed by atoms with E-state index in [-0.39, 0.29) is 12.1 Å². The van der Waals surface area contributed by atoms with Crippen LogP contribution in [0.1, 0.15) is 53.8 Å². The van der Waals surface area contributed by atoms with E-state index in [0.29, 0.717) is 19.0 Å². The summed E-state index contributed by atoms with van der Waals surface area (Å²) in [7, 11) is 0. The van der Waals surface area contributed by atoms with Crippen molar-refractivity contribution in [3.63, 3.8) is 0 Å². The normalized spacial score (nSPS) is 14.9. The smallest absolute Gasteiger partial charge is 0.318 e. The molecule has 0 radical (unpaired) electrons. The molecular weight excluding hydrogens is 418 g/mol. The predicted molar refractivity (Wildman–Crippen MR) is 137 cm³/mol. The Morgan fingerprint density at radius 2 is 1.65 bits per heavy atom. The van der Waals surface area contributed by atoms with Gasteiger partial charge in [-0.05, 0) is 52.8 Å². The molecule has 0 aliphatic carbocycles. The van der Waals surface area contributed by atoms with E-state index >= 15 is 0 Å². The van der Waals surface area contributed by atoms with E-state index in [0.717, 1.165) is 28.9 Å². The Morgan fingerprint density at radius 1 is 0.912 bits per heavy atom. The molecule has 1 aliphatic rings. The lowest BCUT2D eigenvalue weighted by atomic mass is 9.97. The second-order valence-electron chi connectivity index (χ2n) is 9.25. The van der Waals surface area contributed by atoms with E-state index in [1.54, 1.807) is 0 Å². The first-order valence-corrected chi connectivity index (χ1v) is 12.1. The topological polar surface area (TPSA) is 37.3 Å². The molecule has 0 spiro atoms. The molecule has 4 nitrogen and oxygen atoms in total. The van der Waals surface area contributed by atoms with Crippen molar-refractivity contribution in [2.75, 3.05) is 6.54 Å². The van der Waals surface area contributed by atoms with Crippen LogP contribution in [0.2, 0.25) is 0 Å². The molecule has 3 aromatic carbocycles. The van der Waals surface area contributed by atoms with Gasteiger partial charge in [-0.15, -0.1) is 0 Å². The average molecular weight is 450 g/mol. The maximum Gasteiger partial charge on any atom is 0.318 e. The van der Waals surface area contributed by atoms with Crippen LogP contribution in [0.15, 0.2) is 97.2 Å². The molecular formula is C30H31N3O. The molecule has 34 heavy (non-hydrogen) atoms. The van der Waals surface area contributed by atoms with Crippen LogP contribution in [0.4, 0.5) is 4.79 Å². The summed E-state index contributed by atoms with van der Waals surface area (Å²) in [4.78, 5) is 15.6. The lowest BCUT2D eigenvalue weighted by Crippen LogP contribution is -2.42. The predicted octanol–water partition coefficient (Wildman–Crippen LogP) is 6.46. The van der Waals surface area contributed by atoms with Gasteiger partial charge in [0.05, 0.1) is 18.3 Å². The standard InChI is InChI=1S/C30H31N3O/c1-22(2)24-14-16-25(17-15-24)29-28-13-8-20-32(28)27-12-7-6-11-26(27)21-33(29)30(34)31-19-18-23-9-4-3-5-10-23/h3-17,20,22,29H,18-19,21H2,1-2H3,(H,31,34)/t29-/m0/s1. The lowest BCUT2D eigenvalue weighted by Gasteiger charge is -2.31. The number of urea groups is 1. The summed E-state index contributed by atoms with van der Waals surface area (Å²) in [6.45, 7) is 5.55. The molecule has 0 bridgehead atoms. The zero-order valence-electron chi connectivity index (χ0n) is 19.8. The maximum absolute atomic E-state index is 13.6. The van der Waals surface area contributed by atoms with E-state index in [1.807, 2.05) is 29.2 Å². The minimum atomic E-state index is -0.180. The second-order valence-corrected chi connectivity index (χ2v) is 9.25. The van der Waals surface area contributed by atoms with Crippen LogP contribution in [0.3, 0.4) is 0 Å². The van der Waals surface area contributed by atoms with Crippen LogP contribution in [0.5, 0.6) is 0 Å². The van der Waals surface area contributed by atoms with Crippen LogP contribution < -0.4 is 5.32 Å². The summed E-state index contributed by atoms with van der Waals surface area (Å²) in [5.41, 5.74) is 7.01. The zero-order chi connectivity index (χ0) is 23.5. The first-order chi connectivity index (χ1) is 16.6. The molecule has 2 amide bonds. The number of carbonyl (C=O) groups is 1. The van der Waals surface area contributed by atoms with Gasteiger partial charge in [0.15, 0.2) is 0 Å². The summed E-state index contributed by atoms with van der Waals surface area (Å²) >= 11 is 0. The summed E-state index contributed by atoms with van der Waals surface area (Å²) in [5, 5.41) is 3.19. The van der Waals surface area contributed by atoms with Crippen LogP contribution in [-0.4, -0.2) is 22.0 Å². The first-order valence-electron chi connectivity index (χ1n) is 12.1. The number of fused-ring (bicyclic) bond motifs is 3. The van der Waals surface area contributed by atoms with E-state index in [9.17, 15) is 4.79 Å². The number of benzene rings is 3. The van der Waals surface area contributed by atoms with Gasteiger partial charge in [-0.3, -0.25) is 0 Å². The van der Waals surface area contributed by atoms with E-state index in [4.69, 9.17) is 0 Å². The number of hydrogen-bond acceptors (Lipinski definition) is 1.